The molecule has 6 rings (SSSR count). The molecule has 0 saturated carbocycles. The summed E-state index contributed by atoms with van der Waals surface area (Å²) < 4.78 is 5.77. The van der Waals surface area contributed by atoms with Crippen molar-refractivity contribution in [2.75, 3.05) is 6.61 Å². The molecule has 0 radical (unpaired) electrons. The number of carbonyl (C=O) groups is 2. The van der Waals surface area contributed by atoms with E-state index in [1.165, 1.54) is 95.5 Å². The van der Waals surface area contributed by atoms with E-state index >= 15 is 0 Å². The topological polar surface area (TPSA) is 120 Å². The fourth-order valence-electron chi connectivity index (χ4n) is 10.1. The molecule has 1 N–H and O–H groups in total. The zero-order valence-corrected chi connectivity index (χ0v) is 40.3. The van der Waals surface area contributed by atoms with E-state index < -0.39 is 12.1 Å². The molecule has 3 unspecified atom stereocenters. The number of fused-ring (bicyclic) bond motifs is 8. The standard InChI is InChI=1S/C52H72N4O4.Mg/c1-9-11-12-13-14-15-16-17-18-19-20-21-22-23-24-25-28-60-46(59)27-26-39-33(4)49-36(7)50-35(6)47(37(8)57)44(55-50)31-41-32(3)38(10-2)43(53-41)30-42-34(5)48-45(58)29-40(51(39)56-49)52(48)54-42;/h30-31,37,43,51,57H,9-29H2,1-8H3;/q-4;+2/b41-31-,42-30-,49-36-;. The molecule has 328 valence electrons. The number of Topliss-reactive ketones (excluding diaryl/α,β-unsaturated/α-hetero) is 1. The maximum absolute atomic E-state index is 13.8. The minimum absolute atomic E-state index is 0. The second kappa shape index (κ2) is 22.9. The monoisotopic (exact) mass is 841 g/mol. The van der Waals surface area contributed by atoms with Crippen LogP contribution in [0.1, 0.15) is 214 Å². The number of unbranched alkanes of at least 4 members (excludes halogenated alkanes) is 15. The van der Waals surface area contributed by atoms with Crippen molar-refractivity contribution in [2.24, 2.45) is 0 Å². The molecule has 0 fully saturated rings. The zero-order chi connectivity index (χ0) is 42.9. The molecule has 0 saturated heterocycles. The summed E-state index contributed by atoms with van der Waals surface area (Å²) in [6.45, 7) is 16.9. The summed E-state index contributed by atoms with van der Waals surface area (Å²) in [6.07, 6.45) is 26.1. The van der Waals surface area contributed by atoms with Crippen molar-refractivity contribution in [1.29, 1.82) is 0 Å². The average Bonchev–Trinajstić information content (AvgIpc) is 3.99. The first-order valence-corrected chi connectivity index (χ1v) is 23.6. The molecule has 8 nitrogen and oxygen atoms in total. The van der Waals surface area contributed by atoms with Crippen LogP contribution in [0.2, 0.25) is 0 Å². The summed E-state index contributed by atoms with van der Waals surface area (Å²) in [4.78, 5) is 37.3. The maximum atomic E-state index is 13.8. The summed E-state index contributed by atoms with van der Waals surface area (Å²) in [5, 5.41) is 23.1. The fourth-order valence-corrected chi connectivity index (χ4v) is 10.1. The first-order chi connectivity index (χ1) is 29.0. The number of ketones is 1. The summed E-state index contributed by atoms with van der Waals surface area (Å²) in [7, 11) is 0. The van der Waals surface area contributed by atoms with Crippen molar-refractivity contribution < 1.29 is 19.4 Å². The van der Waals surface area contributed by atoms with Gasteiger partial charge in [0.15, 0.2) is 5.78 Å². The molecule has 0 amide bonds. The van der Waals surface area contributed by atoms with Crippen LogP contribution in [-0.2, 0) is 9.53 Å². The molecule has 5 heterocycles. The van der Waals surface area contributed by atoms with Crippen molar-refractivity contribution in [2.45, 2.75) is 202 Å². The number of carbonyl (C=O) groups excluding carboxylic acids is 2. The van der Waals surface area contributed by atoms with Gasteiger partial charge < -0.3 is 30.4 Å². The summed E-state index contributed by atoms with van der Waals surface area (Å²) in [6, 6.07) is -0.621. The largest absolute Gasteiger partial charge is 2.00 e. The fraction of sp³-hybridized carbons (Fsp3) is 0.615. The van der Waals surface area contributed by atoms with Crippen LogP contribution in [0.15, 0.2) is 33.7 Å². The van der Waals surface area contributed by atoms with Gasteiger partial charge >= 0.3 is 29.0 Å². The van der Waals surface area contributed by atoms with Gasteiger partial charge in [-0.15, -0.1) is 39.6 Å². The molecule has 0 spiro atoms. The Morgan fingerprint density at radius 1 is 0.787 bits per heavy atom. The molecule has 9 heteroatoms. The molecular formula is C52H72MgN4O4-2. The summed E-state index contributed by atoms with van der Waals surface area (Å²) >= 11 is 0. The third-order valence-electron chi connectivity index (χ3n) is 13.6. The van der Waals surface area contributed by atoms with E-state index in [1.807, 2.05) is 26.8 Å². The van der Waals surface area contributed by atoms with E-state index in [0.717, 1.165) is 91.6 Å². The van der Waals surface area contributed by atoms with Crippen LogP contribution in [0, 0.1) is 13.8 Å². The molecular weight excluding hydrogens is 769 g/mol. The van der Waals surface area contributed by atoms with E-state index in [0.29, 0.717) is 24.3 Å². The van der Waals surface area contributed by atoms with Gasteiger partial charge in [0.2, 0.25) is 0 Å². The van der Waals surface area contributed by atoms with Gasteiger partial charge in [0.05, 0.1) is 12.7 Å². The summed E-state index contributed by atoms with van der Waals surface area (Å²) in [5.41, 5.74) is 12.6. The van der Waals surface area contributed by atoms with E-state index in [1.54, 1.807) is 6.92 Å². The number of hydrogen-bond donors (Lipinski definition) is 1. The van der Waals surface area contributed by atoms with Crippen molar-refractivity contribution in [3.8, 4) is 0 Å². The Kier molecular flexibility index (Phi) is 18.3. The second-order valence-electron chi connectivity index (χ2n) is 18.0. The Balaban J connectivity index is 0.00000704. The van der Waals surface area contributed by atoms with Crippen molar-refractivity contribution in [3.63, 3.8) is 0 Å². The van der Waals surface area contributed by atoms with Gasteiger partial charge in [0, 0.05) is 18.4 Å². The van der Waals surface area contributed by atoms with E-state index in [-0.39, 0.29) is 53.7 Å². The Hall–Kier alpha value is -3.27. The third-order valence-corrected chi connectivity index (χ3v) is 13.6. The number of hydrogen-bond acceptors (Lipinski definition) is 4. The zero-order valence-electron chi connectivity index (χ0n) is 38.9. The number of ether oxygens (including phenoxy) is 1. The van der Waals surface area contributed by atoms with E-state index in [4.69, 9.17) is 25.3 Å². The third kappa shape index (κ3) is 11.3. The number of aromatic nitrogens is 2. The number of nitrogens with zero attached hydrogens (tertiary/aromatic N) is 4. The Labute approximate surface area is 382 Å². The molecule has 3 aliphatic heterocycles. The summed E-state index contributed by atoms with van der Waals surface area (Å²) in [5.74, 6) is -0.131. The molecule has 4 aliphatic rings. The molecule has 0 aromatic carbocycles. The van der Waals surface area contributed by atoms with Crippen molar-refractivity contribution >= 4 is 58.1 Å². The number of esters is 1. The minimum Gasteiger partial charge on any atom is -0.675 e. The van der Waals surface area contributed by atoms with E-state index in [9.17, 15) is 14.7 Å². The molecule has 8 bridgehead atoms. The molecule has 61 heavy (non-hydrogen) atoms. The van der Waals surface area contributed by atoms with Crippen LogP contribution in [0.5, 0.6) is 0 Å². The molecule has 1 aliphatic carbocycles. The van der Waals surface area contributed by atoms with Gasteiger partial charge in [-0.3, -0.25) is 9.59 Å². The average molecular weight is 841 g/mol. The first-order valence-electron chi connectivity index (χ1n) is 23.6. The van der Waals surface area contributed by atoms with Gasteiger partial charge in [0.25, 0.3) is 0 Å². The van der Waals surface area contributed by atoms with Gasteiger partial charge in [-0.1, -0.05) is 173 Å². The van der Waals surface area contributed by atoms with Crippen LogP contribution < -0.4 is 20.7 Å². The minimum atomic E-state index is -0.727. The Morgan fingerprint density at radius 2 is 1.39 bits per heavy atom. The van der Waals surface area contributed by atoms with Crippen LogP contribution in [0.25, 0.3) is 33.9 Å². The van der Waals surface area contributed by atoms with Gasteiger partial charge in [-0.05, 0) is 66.4 Å². The van der Waals surface area contributed by atoms with Crippen molar-refractivity contribution in [1.82, 2.24) is 9.97 Å². The number of allylic oxidation sites excluding steroid dienone is 3. The van der Waals surface area contributed by atoms with Crippen LogP contribution in [-0.4, -0.2) is 58.6 Å². The molecule has 2 aromatic rings. The van der Waals surface area contributed by atoms with Crippen LogP contribution in [0.4, 0.5) is 0 Å². The Morgan fingerprint density at radius 3 is 1.98 bits per heavy atom. The first kappa shape index (κ1) is 48.8. The van der Waals surface area contributed by atoms with Crippen LogP contribution in [0.3, 0.4) is 0 Å². The van der Waals surface area contributed by atoms with E-state index in [2.05, 4.69) is 33.8 Å². The normalized spacial score (nSPS) is 21.3. The number of aliphatic hydroxyl groups is 1. The van der Waals surface area contributed by atoms with Crippen LogP contribution >= 0.6 is 0 Å². The SMILES string of the molecule is CCCCCCCCCCCCCCCCCCOC(=O)CCC1=C(C)/C2=C(\C)c3[n-]c(c(C(C)O)c3C)/C=C3\[N-]C(/C=c4\[n-]c5c(c4C)C(=O)CC=5C1[N-]2)C(CC)=C3C.[Mg+2]. The predicted molar refractivity (Wildman–Crippen MR) is 252 cm³/mol. The second-order valence-corrected chi connectivity index (χ2v) is 18.0. The van der Waals surface area contributed by atoms with Gasteiger partial charge in [-0.2, -0.15) is 0 Å². The van der Waals surface area contributed by atoms with Gasteiger partial charge in [0.1, 0.15) is 0 Å². The predicted octanol–water partition coefficient (Wildman–Crippen LogP) is 11.3. The maximum Gasteiger partial charge on any atom is 2.00 e. The Bertz CT molecular complexity index is 2140. The molecule has 3 atom stereocenters. The quantitative estimate of drug-likeness (QED) is 0.0716. The van der Waals surface area contributed by atoms with Crippen molar-refractivity contribution in [3.05, 3.63) is 88.7 Å². The van der Waals surface area contributed by atoms with Gasteiger partial charge in [-0.25, -0.2) is 0 Å². The number of aliphatic hydroxyl groups excluding tert-OH is 1. The molecule has 2 aromatic heterocycles. The number of rotatable bonds is 22. The smallest absolute Gasteiger partial charge is 0.675 e.